The van der Waals surface area contributed by atoms with Crippen LogP contribution in [0.3, 0.4) is 0 Å². The number of nitrogens with two attached hydrogens (primary N) is 2. The summed E-state index contributed by atoms with van der Waals surface area (Å²) in [5, 5.41) is 51.5. The first-order chi connectivity index (χ1) is 34.0. The number of likely N-dealkylation sites (N-methyl/N-ethyl adjacent to an activating group) is 1. The summed E-state index contributed by atoms with van der Waals surface area (Å²) in [6.45, 7) is -5.90. The summed E-state index contributed by atoms with van der Waals surface area (Å²) in [6.07, 6.45) is 0.895. The first kappa shape index (κ1) is 70.3. The van der Waals surface area contributed by atoms with E-state index >= 15 is 0 Å². The number of hydrogen-bond donors (Lipinski definition) is 14. The molecule has 0 atom stereocenters. The van der Waals surface area contributed by atoms with Gasteiger partial charge in [0.2, 0.25) is 65.0 Å². The number of aliphatic hydroxyl groups is 1. The first-order valence-electron chi connectivity index (χ1n) is 21.0. The van der Waals surface area contributed by atoms with E-state index in [4.69, 9.17) is 31.9 Å². The lowest BCUT2D eigenvalue weighted by molar-refractivity contribution is -0.146. The standard InChI is InChI=1S/C31H48N12O17.C4H8N2O2.C2H6.CH4O/c1-40(16-29(55)56)12-22(48)35-7-20(46)39-11-28(54)42(17-30(57)58)14-24(50)34-3-2-33-23(49)13-41(4-5-44)26(52)9-38-21(47)8-36-25(51)15-43(18-31(59)60)27(53)10-37-19(45)6-32;5-3-4(8)6-1-2-7;2*1-2/h5H,2-4,6-18,32H2,1H3,(H,33,49)(H,34,50)(H,35,48)(H,36,51)(H,37,45)(H,38,47)(H,39,46)(H,55,56)(H,57,58)(H,59,60);2H,1,3,5H2,(H,6,8);1-2H3;2H,1H3. The van der Waals surface area contributed by atoms with Gasteiger partial charge in [-0.15, -0.1) is 0 Å². The minimum Gasteiger partial charge on any atom is -0.480 e. The summed E-state index contributed by atoms with van der Waals surface area (Å²) in [5.74, 6) is -13.1. The van der Waals surface area contributed by atoms with Crippen LogP contribution in [-0.4, -0.2) is 267 Å². The maximum atomic E-state index is 12.6. The highest BCUT2D eigenvalue weighted by atomic mass is 16.4. The molecule has 0 aromatic rings. The van der Waals surface area contributed by atoms with Gasteiger partial charge in [-0.25, -0.2) is 0 Å². The molecule has 34 nitrogen and oxygen atoms in total. The molecular formula is C38H66N14O20. The van der Waals surface area contributed by atoms with E-state index in [1.54, 1.807) is 0 Å². The lowest BCUT2D eigenvalue weighted by Gasteiger charge is -2.21. The van der Waals surface area contributed by atoms with Crippen molar-refractivity contribution >= 4 is 95.5 Å². The van der Waals surface area contributed by atoms with E-state index in [9.17, 15) is 76.7 Å². The number of aliphatic hydroxyl groups excluding tert-OH is 1. The van der Waals surface area contributed by atoms with Crippen LogP contribution in [0.15, 0.2) is 0 Å². The van der Waals surface area contributed by atoms with Crippen molar-refractivity contribution in [2.75, 3.05) is 132 Å². The molecule has 34 heteroatoms. The molecule has 0 aliphatic carbocycles. The predicted molar refractivity (Wildman–Crippen MR) is 244 cm³/mol. The molecular weight excluding hydrogens is 972 g/mol. The monoisotopic (exact) mass is 1040 g/mol. The number of carbonyl (C=O) groups is 16. The van der Waals surface area contributed by atoms with Gasteiger partial charge in [-0.3, -0.25) is 72.0 Å². The minimum atomic E-state index is -1.49. The third-order valence-corrected chi connectivity index (χ3v) is 7.55. The van der Waals surface area contributed by atoms with Crippen LogP contribution in [-0.2, 0) is 76.7 Å². The van der Waals surface area contributed by atoms with Gasteiger partial charge in [0.05, 0.1) is 72.0 Å². The fourth-order valence-corrected chi connectivity index (χ4v) is 4.46. The Labute approximate surface area is 411 Å². The Kier molecular flexibility index (Phi) is 43.0. The van der Waals surface area contributed by atoms with Crippen molar-refractivity contribution in [3.8, 4) is 0 Å². The first-order valence-corrected chi connectivity index (χ1v) is 21.0. The largest absolute Gasteiger partial charge is 0.480 e. The van der Waals surface area contributed by atoms with Crippen molar-refractivity contribution in [2.24, 2.45) is 11.5 Å². The van der Waals surface area contributed by atoms with Crippen LogP contribution in [0.1, 0.15) is 13.8 Å². The quantitative estimate of drug-likeness (QED) is 0.0214. The molecule has 0 spiro atoms. The third kappa shape index (κ3) is 40.8. The smallest absolute Gasteiger partial charge is 0.323 e. The molecule has 0 radical (unpaired) electrons. The average molecular weight is 1040 g/mol. The minimum absolute atomic E-state index is 0.0516. The van der Waals surface area contributed by atoms with Gasteiger partial charge in [0, 0.05) is 20.2 Å². The molecule has 11 amide bonds. The Bertz CT molecular complexity index is 1840. The van der Waals surface area contributed by atoms with Crippen LogP contribution in [0.4, 0.5) is 0 Å². The summed E-state index contributed by atoms with van der Waals surface area (Å²) < 4.78 is 0. The van der Waals surface area contributed by atoms with Gasteiger partial charge >= 0.3 is 17.9 Å². The average Bonchev–Trinajstić information content (AvgIpc) is 3.33. The number of carboxylic acids is 3. The van der Waals surface area contributed by atoms with E-state index < -0.39 is 162 Å². The molecule has 0 aliphatic heterocycles. The molecule has 0 aromatic carbocycles. The fourth-order valence-electron chi connectivity index (χ4n) is 4.46. The van der Waals surface area contributed by atoms with Gasteiger partial charge in [0.25, 0.3) is 0 Å². The predicted octanol–water partition coefficient (Wildman–Crippen LogP) is -11.5. The van der Waals surface area contributed by atoms with Crippen molar-refractivity contribution in [2.45, 2.75) is 13.8 Å². The second-order valence-corrected chi connectivity index (χ2v) is 13.3. The number of hydrogen-bond acceptors (Lipinski definition) is 20. The highest BCUT2D eigenvalue weighted by Crippen LogP contribution is 1.93. The zero-order valence-corrected chi connectivity index (χ0v) is 40.1. The summed E-state index contributed by atoms with van der Waals surface area (Å²) in [6, 6.07) is 0. The van der Waals surface area contributed by atoms with Crippen molar-refractivity contribution < 1.29 is 97.1 Å². The lowest BCUT2D eigenvalue weighted by atomic mass is 10.3. The van der Waals surface area contributed by atoms with E-state index in [1.807, 2.05) is 13.8 Å². The summed E-state index contributed by atoms with van der Waals surface area (Å²) >= 11 is 0. The van der Waals surface area contributed by atoms with Crippen LogP contribution in [0, 0.1) is 0 Å². The number of rotatable bonds is 33. The fraction of sp³-hybridized carbons (Fsp3) is 0.579. The molecule has 0 fully saturated rings. The van der Waals surface area contributed by atoms with E-state index in [0.717, 1.165) is 16.9 Å². The van der Waals surface area contributed by atoms with Crippen LogP contribution in [0.2, 0.25) is 0 Å². The number of carboxylic acid groups (broad SMARTS) is 3. The number of aldehydes is 2. The molecule has 0 aliphatic rings. The van der Waals surface area contributed by atoms with Gasteiger partial charge in [0.1, 0.15) is 45.3 Å². The van der Waals surface area contributed by atoms with Crippen molar-refractivity contribution in [3.05, 3.63) is 0 Å². The van der Waals surface area contributed by atoms with Gasteiger partial charge in [-0.05, 0) is 7.05 Å². The molecule has 0 saturated heterocycles. The van der Waals surface area contributed by atoms with Crippen molar-refractivity contribution in [1.29, 1.82) is 0 Å². The molecule has 16 N–H and O–H groups in total. The highest BCUT2D eigenvalue weighted by Gasteiger charge is 2.23. The van der Waals surface area contributed by atoms with E-state index in [1.165, 1.54) is 7.05 Å². The van der Waals surface area contributed by atoms with E-state index in [2.05, 4.69) is 42.5 Å². The second kappa shape index (κ2) is 44.0. The summed E-state index contributed by atoms with van der Waals surface area (Å²) in [4.78, 5) is 189. The SMILES string of the molecule is CC.CN(CC(=O)O)CC(=O)NCC(=O)NCC(=O)N(CC(=O)O)CC(=O)NCCNC(=O)CN(CC=O)C(=O)CNC(=O)CNC(=O)CN(CC(=O)O)C(=O)CNC(=O)CN.CO.NCC(=O)NCC=O. The van der Waals surface area contributed by atoms with Crippen LogP contribution in [0.25, 0.3) is 0 Å². The Morgan fingerprint density at radius 3 is 1.08 bits per heavy atom. The van der Waals surface area contributed by atoms with Gasteiger partial charge in [-0.2, -0.15) is 0 Å². The van der Waals surface area contributed by atoms with Crippen LogP contribution < -0.4 is 54.0 Å². The molecule has 72 heavy (non-hydrogen) atoms. The maximum absolute atomic E-state index is 12.6. The lowest BCUT2D eigenvalue weighted by Crippen LogP contribution is -2.50. The van der Waals surface area contributed by atoms with E-state index in [-0.39, 0.29) is 38.6 Å². The number of aliphatic carboxylic acids is 3. The Morgan fingerprint density at radius 1 is 0.403 bits per heavy atom. The molecule has 408 valence electrons. The molecule has 0 unspecified atom stereocenters. The molecule has 0 heterocycles. The number of amides is 11. The maximum Gasteiger partial charge on any atom is 0.323 e. The van der Waals surface area contributed by atoms with Crippen LogP contribution in [0.5, 0.6) is 0 Å². The number of carbonyl (C=O) groups excluding carboxylic acids is 13. The molecule has 0 bridgehead atoms. The Morgan fingerprint density at radius 2 is 0.722 bits per heavy atom. The normalized spacial score (nSPS) is 9.56. The second-order valence-electron chi connectivity index (χ2n) is 13.3. The highest BCUT2D eigenvalue weighted by molar-refractivity contribution is 5.94. The van der Waals surface area contributed by atoms with Crippen molar-refractivity contribution in [1.82, 2.24) is 62.1 Å². The van der Waals surface area contributed by atoms with Gasteiger partial charge < -0.3 is 98.7 Å². The van der Waals surface area contributed by atoms with Crippen molar-refractivity contribution in [3.63, 3.8) is 0 Å². The summed E-state index contributed by atoms with van der Waals surface area (Å²) in [5.41, 5.74) is 9.99. The Balaban J connectivity index is -0.00000172. The number of nitrogens with one attached hydrogen (secondary N) is 8. The number of nitrogens with zero attached hydrogens (tertiary/aromatic N) is 4. The zero-order valence-electron chi connectivity index (χ0n) is 40.1. The Hall–Kier alpha value is -8.24. The van der Waals surface area contributed by atoms with Gasteiger partial charge in [-0.1, -0.05) is 13.8 Å². The molecule has 0 saturated carbocycles. The summed E-state index contributed by atoms with van der Waals surface area (Å²) in [7, 11) is 2.36. The van der Waals surface area contributed by atoms with Crippen LogP contribution >= 0.6 is 0 Å². The molecule has 0 rings (SSSR count). The molecule has 0 aromatic heterocycles. The third-order valence-electron chi connectivity index (χ3n) is 7.55. The van der Waals surface area contributed by atoms with E-state index in [0.29, 0.717) is 22.4 Å². The van der Waals surface area contributed by atoms with Gasteiger partial charge in [0.15, 0.2) is 0 Å². The zero-order chi connectivity index (χ0) is 56.2. The topological polar surface area (TPSA) is 515 Å².